The second-order valence-electron chi connectivity index (χ2n) is 6.06. The van der Waals surface area contributed by atoms with Crippen LogP contribution in [0.15, 0.2) is 24.3 Å². The fourth-order valence-corrected chi connectivity index (χ4v) is 3.06. The molecule has 0 saturated carbocycles. The predicted octanol–water partition coefficient (Wildman–Crippen LogP) is 2.47. The number of aliphatic carboxylic acids is 1. The molecular formula is C16H23NO3. The standard InChI is InChI=1S/C16H23NO3/c1-12-11-17(8-6-15(19)20)9-7-16(12,2)13-4-3-5-14(18)10-13/h3-5,10,12,18H,6-9,11H2,1-2H3,(H,19,20)/t12-,16-/m0/s1. The molecule has 0 unspecified atom stereocenters. The van der Waals surface area contributed by atoms with Crippen molar-refractivity contribution in [3.8, 4) is 5.75 Å². The number of phenols is 1. The summed E-state index contributed by atoms with van der Waals surface area (Å²) in [6.07, 6.45) is 1.19. The third kappa shape index (κ3) is 3.12. The number of hydrogen-bond donors (Lipinski definition) is 2. The second kappa shape index (κ2) is 5.83. The summed E-state index contributed by atoms with van der Waals surface area (Å²) in [4.78, 5) is 12.9. The topological polar surface area (TPSA) is 60.8 Å². The summed E-state index contributed by atoms with van der Waals surface area (Å²) in [5.41, 5.74) is 1.21. The second-order valence-corrected chi connectivity index (χ2v) is 6.06. The number of aromatic hydroxyl groups is 1. The quantitative estimate of drug-likeness (QED) is 0.887. The molecule has 0 amide bonds. The molecule has 1 heterocycles. The summed E-state index contributed by atoms with van der Waals surface area (Å²) in [5, 5.41) is 18.4. The van der Waals surface area contributed by atoms with Gasteiger partial charge in [0.05, 0.1) is 6.42 Å². The Morgan fingerprint density at radius 1 is 1.50 bits per heavy atom. The lowest BCUT2D eigenvalue weighted by Crippen LogP contribution is -2.47. The lowest BCUT2D eigenvalue weighted by molar-refractivity contribution is -0.137. The van der Waals surface area contributed by atoms with Gasteiger partial charge in [-0.3, -0.25) is 4.79 Å². The molecule has 1 fully saturated rings. The van der Waals surface area contributed by atoms with Gasteiger partial charge in [-0.2, -0.15) is 0 Å². The molecule has 4 nitrogen and oxygen atoms in total. The summed E-state index contributed by atoms with van der Waals surface area (Å²) in [5.74, 6) is -0.00459. The van der Waals surface area contributed by atoms with E-state index in [1.54, 1.807) is 6.07 Å². The van der Waals surface area contributed by atoms with Crippen molar-refractivity contribution in [2.45, 2.75) is 32.1 Å². The first kappa shape index (κ1) is 14.9. The van der Waals surface area contributed by atoms with Crippen molar-refractivity contribution < 1.29 is 15.0 Å². The van der Waals surface area contributed by atoms with Crippen LogP contribution in [0.4, 0.5) is 0 Å². The van der Waals surface area contributed by atoms with Crippen molar-refractivity contribution in [3.05, 3.63) is 29.8 Å². The van der Waals surface area contributed by atoms with Gasteiger partial charge in [-0.25, -0.2) is 0 Å². The summed E-state index contributed by atoms with van der Waals surface area (Å²) >= 11 is 0. The summed E-state index contributed by atoms with van der Waals surface area (Å²) < 4.78 is 0. The number of benzene rings is 1. The number of likely N-dealkylation sites (tertiary alicyclic amines) is 1. The van der Waals surface area contributed by atoms with Gasteiger partial charge in [-0.05, 0) is 42.0 Å². The van der Waals surface area contributed by atoms with Crippen LogP contribution in [-0.4, -0.2) is 40.7 Å². The third-order valence-corrected chi connectivity index (χ3v) is 4.71. The highest BCUT2D eigenvalue weighted by atomic mass is 16.4. The number of carbonyl (C=O) groups is 1. The Bertz CT molecular complexity index is 488. The van der Waals surface area contributed by atoms with Gasteiger partial charge in [0, 0.05) is 13.1 Å². The lowest BCUT2D eigenvalue weighted by atomic mass is 9.68. The van der Waals surface area contributed by atoms with Crippen molar-refractivity contribution in [1.82, 2.24) is 4.90 Å². The van der Waals surface area contributed by atoms with E-state index >= 15 is 0 Å². The number of carboxylic acid groups (broad SMARTS) is 1. The fraction of sp³-hybridized carbons (Fsp3) is 0.562. The molecule has 2 atom stereocenters. The highest BCUT2D eigenvalue weighted by Crippen LogP contribution is 2.40. The molecule has 1 aliphatic rings. The van der Waals surface area contributed by atoms with Gasteiger partial charge in [0.25, 0.3) is 0 Å². The molecule has 0 aromatic heterocycles. The van der Waals surface area contributed by atoms with Crippen LogP contribution in [-0.2, 0) is 10.2 Å². The number of phenolic OH excluding ortho intramolecular Hbond substituents is 1. The van der Waals surface area contributed by atoms with E-state index in [-0.39, 0.29) is 11.8 Å². The van der Waals surface area contributed by atoms with Crippen LogP contribution in [0.25, 0.3) is 0 Å². The van der Waals surface area contributed by atoms with Crippen LogP contribution in [0.3, 0.4) is 0 Å². The molecule has 0 aliphatic carbocycles. The van der Waals surface area contributed by atoms with E-state index in [1.165, 1.54) is 5.56 Å². The van der Waals surface area contributed by atoms with Crippen molar-refractivity contribution in [1.29, 1.82) is 0 Å². The minimum absolute atomic E-state index is 0.0401. The Kier molecular flexibility index (Phi) is 4.33. The molecule has 20 heavy (non-hydrogen) atoms. The third-order valence-electron chi connectivity index (χ3n) is 4.71. The fourth-order valence-electron chi connectivity index (χ4n) is 3.06. The van der Waals surface area contributed by atoms with E-state index in [0.29, 0.717) is 18.2 Å². The van der Waals surface area contributed by atoms with Gasteiger partial charge in [-0.15, -0.1) is 0 Å². The predicted molar refractivity (Wildman–Crippen MR) is 77.9 cm³/mol. The van der Waals surface area contributed by atoms with Crippen molar-refractivity contribution >= 4 is 5.97 Å². The van der Waals surface area contributed by atoms with Gasteiger partial charge in [0.1, 0.15) is 5.75 Å². The highest BCUT2D eigenvalue weighted by Gasteiger charge is 2.37. The largest absolute Gasteiger partial charge is 0.508 e. The Labute approximate surface area is 120 Å². The average molecular weight is 277 g/mol. The van der Waals surface area contributed by atoms with Gasteiger partial charge in [-0.1, -0.05) is 26.0 Å². The molecule has 1 aliphatic heterocycles. The first-order valence-electron chi connectivity index (χ1n) is 7.15. The number of rotatable bonds is 4. The molecule has 2 rings (SSSR count). The Morgan fingerprint density at radius 3 is 2.85 bits per heavy atom. The number of nitrogens with zero attached hydrogens (tertiary/aromatic N) is 1. The monoisotopic (exact) mass is 277 g/mol. The summed E-state index contributed by atoms with van der Waals surface area (Å²) in [6, 6.07) is 7.51. The van der Waals surface area contributed by atoms with Crippen LogP contribution in [0.2, 0.25) is 0 Å². The maximum absolute atomic E-state index is 10.7. The zero-order valence-corrected chi connectivity index (χ0v) is 12.2. The van der Waals surface area contributed by atoms with Gasteiger partial charge < -0.3 is 15.1 Å². The normalized spacial score (nSPS) is 27.4. The van der Waals surface area contributed by atoms with Crippen LogP contribution >= 0.6 is 0 Å². The zero-order valence-electron chi connectivity index (χ0n) is 12.2. The smallest absolute Gasteiger partial charge is 0.304 e. The average Bonchev–Trinajstić information content (AvgIpc) is 2.40. The minimum Gasteiger partial charge on any atom is -0.508 e. The SMILES string of the molecule is C[C@H]1CN(CCC(=O)O)CC[C@]1(C)c1cccc(O)c1. The van der Waals surface area contributed by atoms with Crippen LogP contribution < -0.4 is 0 Å². The molecule has 1 aromatic carbocycles. The Balaban J connectivity index is 2.06. The highest BCUT2D eigenvalue weighted by molar-refractivity contribution is 5.66. The van der Waals surface area contributed by atoms with Gasteiger partial charge >= 0.3 is 5.97 Å². The van der Waals surface area contributed by atoms with E-state index < -0.39 is 5.97 Å². The zero-order chi connectivity index (χ0) is 14.8. The maximum Gasteiger partial charge on any atom is 0.304 e. The van der Waals surface area contributed by atoms with Crippen LogP contribution in [0.5, 0.6) is 5.75 Å². The first-order chi connectivity index (χ1) is 9.41. The van der Waals surface area contributed by atoms with E-state index in [9.17, 15) is 9.90 Å². The molecular weight excluding hydrogens is 254 g/mol. The van der Waals surface area contributed by atoms with Crippen molar-refractivity contribution in [3.63, 3.8) is 0 Å². The number of hydrogen-bond acceptors (Lipinski definition) is 3. The number of piperidine rings is 1. The van der Waals surface area contributed by atoms with Crippen LogP contribution in [0, 0.1) is 5.92 Å². The van der Waals surface area contributed by atoms with E-state index in [1.807, 2.05) is 12.1 Å². The molecule has 0 spiro atoms. The van der Waals surface area contributed by atoms with Crippen molar-refractivity contribution in [2.75, 3.05) is 19.6 Å². The molecule has 2 N–H and O–H groups in total. The van der Waals surface area contributed by atoms with Gasteiger partial charge in [0.2, 0.25) is 0 Å². The Hall–Kier alpha value is -1.55. The molecule has 0 bridgehead atoms. The summed E-state index contributed by atoms with van der Waals surface area (Å²) in [6.45, 7) is 6.87. The molecule has 1 saturated heterocycles. The molecule has 110 valence electrons. The molecule has 4 heteroatoms. The van der Waals surface area contributed by atoms with E-state index in [0.717, 1.165) is 19.5 Å². The van der Waals surface area contributed by atoms with Crippen LogP contribution in [0.1, 0.15) is 32.3 Å². The lowest BCUT2D eigenvalue weighted by Gasteiger charge is -2.45. The Morgan fingerprint density at radius 2 is 2.25 bits per heavy atom. The molecule has 1 aromatic rings. The number of carboxylic acids is 1. The minimum atomic E-state index is -0.737. The maximum atomic E-state index is 10.7. The van der Waals surface area contributed by atoms with E-state index in [4.69, 9.17) is 5.11 Å². The summed E-state index contributed by atoms with van der Waals surface area (Å²) in [7, 11) is 0. The van der Waals surface area contributed by atoms with E-state index in [2.05, 4.69) is 24.8 Å². The van der Waals surface area contributed by atoms with Gasteiger partial charge in [0.15, 0.2) is 0 Å². The molecule has 0 radical (unpaired) electrons. The van der Waals surface area contributed by atoms with Crippen molar-refractivity contribution in [2.24, 2.45) is 5.92 Å². The first-order valence-corrected chi connectivity index (χ1v) is 7.15.